The van der Waals surface area contributed by atoms with Crippen LogP contribution in [0.3, 0.4) is 0 Å². The first-order valence-electron chi connectivity index (χ1n) is 8.58. The molecule has 0 bridgehead atoms. The van der Waals surface area contributed by atoms with Crippen LogP contribution in [0.5, 0.6) is 0 Å². The fraction of sp³-hybridized carbons (Fsp3) is 0.250. The van der Waals surface area contributed by atoms with Crippen molar-refractivity contribution in [2.24, 2.45) is 0 Å². The summed E-state index contributed by atoms with van der Waals surface area (Å²) in [5.41, 5.74) is 2.13. The third-order valence-electron chi connectivity index (χ3n) is 3.96. The Morgan fingerprint density at radius 3 is 2.54 bits per heavy atom. The highest BCUT2D eigenvalue weighted by atomic mass is 32.2. The zero-order valence-electron chi connectivity index (χ0n) is 14.7. The van der Waals surface area contributed by atoms with Gasteiger partial charge in [-0.15, -0.1) is 11.8 Å². The summed E-state index contributed by atoms with van der Waals surface area (Å²) < 4.78 is 2.12. The lowest BCUT2D eigenvalue weighted by Gasteiger charge is -2.17. The Bertz CT molecular complexity index is 804. The predicted octanol–water partition coefficient (Wildman–Crippen LogP) is 4.03. The van der Waals surface area contributed by atoms with Gasteiger partial charge in [-0.3, -0.25) is 9.78 Å². The normalized spacial score (nSPS) is 11.9. The molecule has 0 aliphatic rings. The summed E-state index contributed by atoms with van der Waals surface area (Å²) in [6.07, 6.45) is 11.4. The topological polar surface area (TPSA) is 59.8 Å². The van der Waals surface area contributed by atoms with Gasteiger partial charge in [0.25, 0.3) is 0 Å². The number of aryl methyl sites for hydroxylation is 1. The Hall–Kier alpha value is -2.60. The van der Waals surface area contributed by atoms with Crippen LogP contribution in [0.1, 0.15) is 18.9 Å². The number of anilines is 1. The van der Waals surface area contributed by atoms with Crippen molar-refractivity contribution in [1.29, 1.82) is 0 Å². The van der Waals surface area contributed by atoms with E-state index in [1.807, 2.05) is 55.0 Å². The number of amides is 1. The number of imidazole rings is 1. The molecule has 1 amide bonds. The molecule has 3 aromatic rings. The first kappa shape index (κ1) is 18.2. The van der Waals surface area contributed by atoms with E-state index in [4.69, 9.17) is 0 Å². The van der Waals surface area contributed by atoms with E-state index in [0.717, 1.165) is 25.1 Å². The quantitative estimate of drug-likeness (QED) is 0.612. The fourth-order valence-corrected chi connectivity index (χ4v) is 3.87. The van der Waals surface area contributed by atoms with Gasteiger partial charge in [-0.25, -0.2) is 4.98 Å². The van der Waals surface area contributed by atoms with Crippen molar-refractivity contribution in [2.75, 3.05) is 5.32 Å². The summed E-state index contributed by atoms with van der Waals surface area (Å²) in [7, 11) is 0. The molecule has 6 heteroatoms. The average molecular weight is 366 g/mol. The first-order valence-corrected chi connectivity index (χ1v) is 9.46. The van der Waals surface area contributed by atoms with Crippen molar-refractivity contribution < 1.29 is 4.79 Å². The molecule has 2 aromatic heterocycles. The minimum Gasteiger partial charge on any atom is -0.336 e. The summed E-state index contributed by atoms with van der Waals surface area (Å²) in [4.78, 5) is 20.6. The first-order chi connectivity index (χ1) is 12.7. The molecule has 0 aliphatic heterocycles. The van der Waals surface area contributed by atoms with Crippen LogP contribution in [0.15, 0.2) is 72.4 Å². The van der Waals surface area contributed by atoms with E-state index in [-0.39, 0.29) is 5.91 Å². The summed E-state index contributed by atoms with van der Waals surface area (Å²) >= 11 is 1.86. The molecular weight excluding hydrogens is 344 g/mol. The maximum atomic E-state index is 11.1. The number of hydrogen-bond acceptors (Lipinski definition) is 4. The molecule has 1 aromatic carbocycles. The highest BCUT2D eigenvalue weighted by Crippen LogP contribution is 2.29. The Morgan fingerprint density at radius 2 is 1.88 bits per heavy atom. The second-order valence-electron chi connectivity index (χ2n) is 6.10. The number of carbonyl (C=O) groups excluding carboxylic acids is 1. The van der Waals surface area contributed by atoms with Crippen molar-refractivity contribution in [1.82, 2.24) is 14.5 Å². The zero-order chi connectivity index (χ0) is 18.2. The van der Waals surface area contributed by atoms with Gasteiger partial charge in [0.15, 0.2) is 0 Å². The Balaban J connectivity index is 1.65. The molecule has 0 aliphatic carbocycles. The third-order valence-corrected chi connectivity index (χ3v) is 5.22. The van der Waals surface area contributed by atoms with E-state index in [2.05, 4.69) is 44.1 Å². The van der Waals surface area contributed by atoms with Crippen LogP contribution in [0.25, 0.3) is 0 Å². The third kappa shape index (κ3) is 5.74. The van der Waals surface area contributed by atoms with Gasteiger partial charge in [-0.1, -0.05) is 0 Å². The number of carbonyl (C=O) groups is 1. The smallest absolute Gasteiger partial charge is 0.221 e. The molecule has 0 saturated heterocycles. The monoisotopic (exact) mass is 366 g/mol. The lowest BCUT2D eigenvalue weighted by Crippen LogP contribution is -2.13. The van der Waals surface area contributed by atoms with E-state index in [0.29, 0.717) is 5.25 Å². The molecule has 2 heterocycles. The molecule has 3 rings (SSSR count). The predicted molar refractivity (Wildman–Crippen MR) is 105 cm³/mol. The number of hydrogen-bond donors (Lipinski definition) is 1. The van der Waals surface area contributed by atoms with Gasteiger partial charge in [-0.2, -0.15) is 0 Å². The Morgan fingerprint density at radius 1 is 1.12 bits per heavy atom. The molecule has 1 unspecified atom stereocenters. The SMILES string of the molecule is CC(=O)Nc1ccc(SC(CCc2ccncc2)Cn2ccnc2)cc1. The number of rotatable bonds is 8. The molecule has 0 fully saturated rings. The van der Waals surface area contributed by atoms with Crippen LogP contribution in [0.4, 0.5) is 5.69 Å². The molecule has 1 atom stereocenters. The lowest BCUT2D eigenvalue weighted by atomic mass is 10.1. The van der Waals surface area contributed by atoms with E-state index in [1.54, 1.807) is 0 Å². The zero-order valence-corrected chi connectivity index (χ0v) is 15.5. The largest absolute Gasteiger partial charge is 0.336 e. The number of nitrogens with one attached hydrogen (secondary N) is 1. The van der Waals surface area contributed by atoms with Gasteiger partial charge in [-0.05, 0) is 54.8 Å². The minimum atomic E-state index is -0.0549. The summed E-state index contributed by atoms with van der Waals surface area (Å²) in [6.45, 7) is 2.42. The molecular formula is C20H22N4OS. The number of aromatic nitrogens is 3. The molecule has 0 radical (unpaired) electrons. The van der Waals surface area contributed by atoms with Crippen LogP contribution in [-0.2, 0) is 17.8 Å². The van der Waals surface area contributed by atoms with Gasteiger partial charge in [0.2, 0.25) is 5.91 Å². The summed E-state index contributed by atoms with van der Waals surface area (Å²) in [6, 6.07) is 12.1. The van der Waals surface area contributed by atoms with Crippen molar-refractivity contribution in [3.05, 3.63) is 73.1 Å². The van der Waals surface area contributed by atoms with Crippen LogP contribution in [0.2, 0.25) is 0 Å². The standard InChI is InChI=1S/C20H22N4OS/c1-16(25)23-18-3-6-19(7-4-18)26-20(14-24-13-12-22-15-24)5-2-17-8-10-21-11-9-17/h3-4,6-13,15,20H,2,5,14H2,1H3,(H,23,25). The molecule has 26 heavy (non-hydrogen) atoms. The van der Waals surface area contributed by atoms with Gasteiger partial charge in [0, 0.05) is 54.1 Å². The van der Waals surface area contributed by atoms with Gasteiger partial charge < -0.3 is 9.88 Å². The van der Waals surface area contributed by atoms with Crippen molar-refractivity contribution >= 4 is 23.4 Å². The van der Waals surface area contributed by atoms with Gasteiger partial charge in [0.05, 0.1) is 6.33 Å². The fourth-order valence-electron chi connectivity index (χ4n) is 2.71. The molecule has 0 saturated carbocycles. The van der Waals surface area contributed by atoms with Crippen molar-refractivity contribution in [3.8, 4) is 0 Å². The lowest BCUT2D eigenvalue weighted by molar-refractivity contribution is -0.114. The van der Waals surface area contributed by atoms with Gasteiger partial charge in [0.1, 0.15) is 0 Å². The van der Waals surface area contributed by atoms with Crippen LogP contribution in [0, 0.1) is 0 Å². The van der Waals surface area contributed by atoms with Crippen LogP contribution < -0.4 is 5.32 Å². The van der Waals surface area contributed by atoms with Crippen molar-refractivity contribution in [3.63, 3.8) is 0 Å². The van der Waals surface area contributed by atoms with Crippen LogP contribution >= 0.6 is 11.8 Å². The molecule has 1 N–H and O–H groups in total. The van der Waals surface area contributed by atoms with Crippen LogP contribution in [-0.4, -0.2) is 25.7 Å². The second kappa shape index (κ2) is 9.20. The van der Waals surface area contributed by atoms with E-state index in [9.17, 15) is 4.79 Å². The minimum absolute atomic E-state index is 0.0549. The molecule has 0 spiro atoms. The van der Waals surface area contributed by atoms with Gasteiger partial charge >= 0.3 is 0 Å². The van der Waals surface area contributed by atoms with E-state index < -0.39 is 0 Å². The Kier molecular flexibility index (Phi) is 6.44. The summed E-state index contributed by atoms with van der Waals surface area (Å²) in [5, 5.41) is 3.22. The maximum absolute atomic E-state index is 11.1. The maximum Gasteiger partial charge on any atom is 0.221 e. The number of benzene rings is 1. The average Bonchev–Trinajstić information content (AvgIpc) is 3.15. The number of thioether (sulfide) groups is 1. The number of nitrogens with zero attached hydrogens (tertiary/aromatic N) is 3. The highest BCUT2D eigenvalue weighted by molar-refractivity contribution is 8.00. The molecule has 134 valence electrons. The second-order valence-corrected chi connectivity index (χ2v) is 7.47. The number of pyridine rings is 1. The molecule has 5 nitrogen and oxygen atoms in total. The van der Waals surface area contributed by atoms with Crippen molar-refractivity contribution in [2.45, 2.75) is 36.5 Å². The Labute approximate surface area is 157 Å². The highest BCUT2D eigenvalue weighted by Gasteiger charge is 2.12. The summed E-state index contributed by atoms with van der Waals surface area (Å²) in [5.74, 6) is -0.0549. The van der Waals surface area contributed by atoms with E-state index >= 15 is 0 Å². The van der Waals surface area contributed by atoms with E-state index in [1.165, 1.54) is 17.4 Å².